The van der Waals surface area contributed by atoms with Crippen molar-refractivity contribution in [2.75, 3.05) is 0 Å². The molecule has 0 saturated carbocycles. The molecule has 0 radical (unpaired) electrons. The lowest BCUT2D eigenvalue weighted by molar-refractivity contribution is 0.565. The van der Waals surface area contributed by atoms with Gasteiger partial charge in [0.1, 0.15) is 4.64 Å². The zero-order valence-electron chi connectivity index (χ0n) is 6.71. The van der Waals surface area contributed by atoms with E-state index in [9.17, 15) is 0 Å². The molecule has 2 atom stereocenters. The Morgan fingerprint density at radius 3 is 3.17 bits per heavy atom. The molecule has 5 heteroatoms. The predicted octanol–water partition coefficient (Wildman–Crippen LogP) is 1.000. The lowest BCUT2D eigenvalue weighted by Gasteiger charge is -2.18. The summed E-state index contributed by atoms with van der Waals surface area (Å²) in [5.41, 5.74) is 8.39. The lowest BCUT2D eigenvalue weighted by Crippen LogP contribution is -2.28. The third-order valence-electron chi connectivity index (χ3n) is 2.36. The highest BCUT2D eigenvalue weighted by molar-refractivity contribution is 7.71. The summed E-state index contributed by atoms with van der Waals surface area (Å²) in [4.78, 5) is 0. The van der Waals surface area contributed by atoms with E-state index in [1.807, 2.05) is 4.45 Å². The molecular weight excluding hydrogens is 189 g/mol. The third kappa shape index (κ3) is 1.24. The Labute approximate surface area is 78.6 Å². The maximum atomic E-state index is 5.86. The predicted molar refractivity (Wildman–Crippen MR) is 54.7 cm³/mol. The van der Waals surface area contributed by atoms with E-state index in [0.717, 1.165) is 23.9 Å². The van der Waals surface area contributed by atoms with Crippen LogP contribution in [-0.4, -0.2) is 15.6 Å². The van der Waals surface area contributed by atoms with Crippen LogP contribution in [0.4, 0.5) is 0 Å². The van der Waals surface area contributed by atoms with Gasteiger partial charge in [0.2, 0.25) is 0 Å². The summed E-state index contributed by atoms with van der Waals surface area (Å²) in [5, 5.41) is 3.08. The van der Waals surface area contributed by atoms with E-state index in [4.69, 9.17) is 18.0 Å². The zero-order valence-corrected chi connectivity index (χ0v) is 8.68. The quantitative estimate of drug-likeness (QED) is 0.486. The molecule has 1 aromatic heterocycles. The number of H-pyrrole nitrogens is 1. The van der Waals surface area contributed by atoms with Crippen molar-refractivity contribution in [1.29, 1.82) is 0 Å². The number of rotatable bonds is 0. The molecule has 2 unspecified atom stereocenters. The van der Waals surface area contributed by atoms with E-state index in [2.05, 4.69) is 14.5 Å². The molecular formula is C7H12N3PS. The Kier molecular flexibility index (Phi) is 2.07. The summed E-state index contributed by atoms with van der Waals surface area (Å²) < 4.78 is 2.78. The monoisotopic (exact) mass is 201 g/mol. The van der Waals surface area contributed by atoms with Crippen LogP contribution in [0.25, 0.3) is 0 Å². The van der Waals surface area contributed by atoms with Crippen LogP contribution in [0.5, 0.6) is 0 Å². The van der Waals surface area contributed by atoms with Gasteiger partial charge in [0.15, 0.2) is 0 Å². The van der Waals surface area contributed by atoms with E-state index >= 15 is 0 Å². The number of nitrogens with zero attached hydrogens (tertiary/aromatic N) is 1. The van der Waals surface area contributed by atoms with Crippen LogP contribution in [0.15, 0.2) is 0 Å². The van der Waals surface area contributed by atoms with Crippen molar-refractivity contribution >= 4 is 21.6 Å². The normalized spacial score (nSPS) is 22.3. The van der Waals surface area contributed by atoms with Gasteiger partial charge in [0.05, 0.1) is 0 Å². The van der Waals surface area contributed by atoms with Crippen molar-refractivity contribution in [2.24, 2.45) is 5.73 Å². The van der Waals surface area contributed by atoms with Gasteiger partial charge in [-0.1, -0.05) is 12.2 Å². The molecule has 1 aromatic rings. The first kappa shape index (κ1) is 8.42. The topological polar surface area (TPSA) is 46.7 Å². The van der Waals surface area contributed by atoms with Gasteiger partial charge in [0, 0.05) is 23.7 Å². The second-order valence-corrected chi connectivity index (χ2v) is 4.16. The molecule has 2 rings (SSSR count). The van der Waals surface area contributed by atoms with Gasteiger partial charge in [-0.2, -0.15) is 0 Å². The molecule has 0 aliphatic heterocycles. The Hall–Kier alpha value is -0.180. The van der Waals surface area contributed by atoms with Crippen LogP contribution < -0.4 is 5.73 Å². The van der Waals surface area contributed by atoms with Crippen LogP contribution in [-0.2, 0) is 12.8 Å². The minimum atomic E-state index is 0.300. The van der Waals surface area contributed by atoms with E-state index < -0.39 is 0 Å². The number of aromatic amines is 1. The smallest absolute Gasteiger partial charge is 0.123 e. The number of hydrogen-bond acceptors (Lipinski definition) is 2. The lowest BCUT2D eigenvalue weighted by atomic mass is 9.95. The van der Waals surface area contributed by atoms with E-state index in [1.54, 1.807) is 0 Å². The van der Waals surface area contributed by atoms with Gasteiger partial charge in [-0.25, -0.2) is 0 Å². The molecule has 0 aromatic carbocycles. The number of nitrogens with one attached hydrogen (secondary N) is 1. The largest absolute Gasteiger partial charge is 0.327 e. The number of aromatic nitrogens is 2. The van der Waals surface area contributed by atoms with Crippen LogP contribution >= 0.6 is 21.6 Å². The van der Waals surface area contributed by atoms with Crippen LogP contribution in [0.1, 0.15) is 17.7 Å². The fourth-order valence-corrected chi connectivity index (χ4v) is 2.48. The van der Waals surface area contributed by atoms with Crippen molar-refractivity contribution in [3.05, 3.63) is 15.9 Å². The standard InChI is InChI=1S/C7H12N3PS/c8-4-1-2-5-6(3-4)10(11)9-7(5)12/h4H,1-3,8,11H2,(H,9,12). The first-order valence-electron chi connectivity index (χ1n) is 4.02. The van der Waals surface area contributed by atoms with Gasteiger partial charge in [0.25, 0.3) is 0 Å². The molecule has 0 spiro atoms. The average Bonchev–Trinajstić information content (AvgIpc) is 2.28. The molecule has 0 fully saturated rings. The Morgan fingerprint density at radius 1 is 1.67 bits per heavy atom. The van der Waals surface area contributed by atoms with Crippen molar-refractivity contribution < 1.29 is 0 Å². The van der Waals surface area contributed by atoms with E-state index in [1.165, 1.54) is 11.3 Å². The second kappa shape index (κ2) is 2.95. The third-order valence-corrected chi connectivity index (χ3v) is 3.13. The van der Waals surface area contributed by atoms with Gasteiger partial charge >= 0.3 is 0 Å². The van der Waals surface area contributed by atoms with Gasteiger partial charge < -0.3 is 5.73 Å². The highest BCUT2D eigenvalue weighted by Crippen LogP contribution is 2.22. The Balaban J connectivity index is 2.52. The maximum Gasteiger partial charge on any atom is 0.123 e. The van der Waals surface area contributed by atoms with Crippen molar-refractivity contribution in [3.8, 4) is 0 Å². The minimum absolute atomic E-state index is 0.300. The van der Waals surface area contributed by atoms with Crippen LogP contribution in [0.2, 0.25) is 0 Å². The summed E-state index contributed by atoms with van der Waals surface area (Å²) in [6.45, 7) is 0. The number of hydrogen-bond donors (Lipinski definition) is 2. The first-order chi connectivity index (χ1) is 5.68. The van der Waals surface area contributed by atoms with Gasteiger partial charge in [-0.05, 0) is 22.2 Å². The number of fused-ring (bicyclic) bond motifs is 1. The molecule has 3 nitrogen and oxygen atoms in total. The minimum Gasteiger partial charge on any atom is -0.327 e. The molecule has 0 amide bonds. The molecule has 0 saturated heterocycles. The molecule has 3 N–H and O–H groups in total. The summed E-state index contributed by atoms with van der Waals surface area (Å²) in [7, 11) is 2.60. The average molecular weight is 201 g/mol. The van der Waals surface area contributed by atoms with Crippen molar-refractivity contribution in [2.45, 2.75) is 25.3 Å². The molecule has 1 aliphatic carbocycles. The van der Waals surface area contributed by atoms with E-state index in [0.29, 0.717) is 6.04 Å². The fraction of sp³-hybridized carbons (Fsp3) is 0.571. The van der Waals surface area contributed by atoms with Gasteiger partial charge in [-0.15, -0.1) is 0 Å². The van der Waals surface area contributed by atoms with Crippen molar-refractivity contribution in [1.82, 2.24) is 9.55 Å². The number of nitrogens with two attached hydrogens (primary N) is 1. The Bertz CT molecular complexity index is 354. The highest BCUT2D eigenvalue weighted by Gasteiger charge is 2.19. The Morgan fingerprint density at radius 2 is 2.42 bits per heavy atom. The molecule has 0 bridgehead atoms. The molecule has 12 heavy (non-hydrogen) atoms. The maximum absolute atomic E-state index is 5.86. The molecule has 1 heterocycles. The highest BCUT2D eigenvalue weighted by atomic mass is 32.1. The van der Waals surface area contributed by atoms with E-state index in [-0.39, 0.29) is 0 Å². The summed E-state index contributed by atoms with van der Waals surface area (Å²) in [6.07, 6.45) is 3.01. The molecule has 1 aliphatic rings. The summed E-state index contributed by atoms with van der Waals surface area (Å²) in [5.74, 6) is 0. The van der Waals surface area contributed by atoms with Crippen LogP contribution in [0, 0.1) is 4.64 Å². The summed E-state index contributed by atoms with van der Waals surface area (Å²) >= 11 is 5.17. The zero-order chi connectivity index (χ0) is 8.72. The second-order valence-electron chi connectivity index (χ2n) is 3.24. The van der Waals surface area contributed by atoms with Crippen molar-refractivity contribution in [3.63, 3.8) is 0 Å². The SMILES string of the molecule is NC1CCc2c(n(P)[nH]c2=S)C1. The first-order valence-corrected chi connectivity index (χ1v) is 4.94. The summed E-state index contributed by atoms with van der Waals surface area (Å²) in [6, 6.07) is 0.300. The molecule has 66 valence electrons. The fourth-order valence-electron chi connectivity index (χ4n) is 1.68. The van der Waals surface area contributed by atoms with Gasteiger partial charge in [-0.3, -0.25) is 9.55 Å². The van der Waals surface area contributed by atoms with Crippen LogP contribution in [0.3, 0.4) is 0 Å².